The number of nitrogens with zero attached hydrogens (tertiary/aromatic N) is 1. The van der Waals surface area contributed by atoms with E-state index in [0.717, 1.165) is 31.4 Å². The van der Waals surface area contributed by atoms with Crippen LogP contribution in [0.25, 0.3) is 0 Å². The first-order valence-electron chi connectivity index (χ1n) is 11.8. The Labute approximate surface area is 188 Å². The first kappa shape index (κ1) is 23.0. The largest absolute Gasteiger partial charge is 0.444 e. The number of ether oxygens (including phenoxy) is 1. The van der Waals surface area contributed by atoms with E-state index < -0.39 is 11.5 Å². The smallest absolute Gasteiger partial charge is 0.410 e. The third kappa shape index (κ3) is 5.99. The molecule has 176 valence electrons. The summed E-state index contributed by atoms with van der Waals surface area (Å²) in [6.07, 6.45) is 3.14. The summed E-state index contributed by atoms with van der Waals surface area (Å²) in [4.78, 5) is 27.4. The number of nitrogens with one attached hydrogen (secondary N) is 1. The number of amides is 2. The molecular weight excluding hydrogens is 414 g/mol. The molecule has 0 bridgehead atoms. The molecule has 0 spiro atoms. The molecule has 3 aliphatic carbocycles. The predicted molar refractivity (Wildman–Crippen MR) is 118 cm³/mol. The Kier molecular flexibility index (Phi) is 6.21. The Hall–Kier alpha value is -2.18. The molecule has 3 aliphatic rings. The van der Waals surface area contributed by atoms with Gasteiger partial charge in [-0.25, -0.2) is 13.6 Å². The van der Waals surface area contributed by atoms with Crippen LogP contribution in [-0.2, 0) is 4.74 Å². The standard InChI is InChI=1S/C25H34F2N2O3/c1-24(2,3)32-23(31)29(15-16-7-8-16)21-14-20(21)17-5-4-6-18(13-17)22(30)28-19-9-11-25(26,27)12-10-19/h4-6,13,16,19-21H,7-12,14-15H2,1-3H3,(H,28,30)/t20-,21+/m0/s1. The monoisotopic (exact) mass is 448 g/mol. The Morgan fingerprint density at radius 3 is 2.47 bits per heavy atom. The molecule has 7 heteroatoms. The number of carbonyl (C=O) groups excluding carboxylic acids is 2. The van der Waals surface area contributed by atoms with Crippen LogP contribution in [0.2, 0.25) is 0 Å². The molecular formula is C25H34F2N2O3. The van der Waals surface area contributed by atoms with Gasteiger partial charge in [0.25, 0.3) is 5.91 Å². The first-order valence-corrected chi connectivity index (χ1v) is 11.8. The van der Waals surface area contributed by atoms with Crippen LogP contribution in [0.3, 0.4) is 0 Å². The lowest BCUT2D eigenvalue weighted by molar-refractivity contribution is -0.0399. The summed E-state index contributed by atoms with van der Waals surface area (Å²) in [7, 11) is 0. The fraction of sp³-hybridized carbons (Fsp3) is 0.680. The van der Waals surface area contributed by atoms with Crippen molar-refractivity contribution in [1.29, 1.82) is 0 Å². The predicted octanol–water partition coefficient (Wildman–Crippen LogP) is 5.50. The lowest BCUT2D eigenvalue weighted by atomic mass is 9.92. The van der Waals surface area contributed by atoms with Gasteiger partial charge in [-0.15, -0.1) is 0 Å². The second kappa shape index (κ2) is 8.64. The molecule has 4 rings (SSSR count). The minimum absolute atomic E-state index is 0.0873. The molecule has 1 aromatic carbocycles. The second-order valence-corrected chi connectivity index (χ2v) is 10.7. The van der Waals surface area contributed by atoms with E-state index in [1.165, 1.54) is 0 Å². The van der Waals surface area contributed by atoms with Crippen LogP contribution < -0.4 is 5.32 Å². The molecule has 5 nitrogen and oxygen atoms in total. The Morgan fingerprint density at radius 2 is 1.84 bits per heavy atom. The molecule has 0 aliphatic heterocycles. The van der Waals surface area contributed by atoms with Crippen molar-refractivity contribution in [2.24, 2.45) is 5.92 Å². The number of benzene rings is 1. The van der Waals surface area contributed by atoms with Crippen LogP contribution in [0.4, 0.5) is 13.6 Å². The maximum absolute atomic E-state index is 13.4. The quantitative estimate of drug-likeness (QED) is 0.625. The summed E-state index contributed by atoms with van der Waals surface area (Å²) in [5.41, 5.74) is 1.03. The Balaban J connectivity index is 1.38. The highest BCUT2D eigenvalue weighted by Crippen LogP contribution is 2.47. The van der Waals surface area contributed by atoms with Gasteiger partial charge >= 0.3 is 6.09 Å². The minimum atomic E-state index is -2.61. The van der Waals surface area contributed by atoms with Crippen molar-refractivity contribution in [2.45, 2.75) is 95.2 Å². The van der Waals surface area contributed by atoms with Gasteiger partial charge in [0.1, 0.15) is 5.60 Å². The summed E-state index contributed by atoms with van der Waals surface area (Å²) in [6, 6.07) is 7.36. The van der Waals surface area contributed by atoms with Crippen LogP contribution in [0.1, 0.15) is 87.6 Å². The highest BCUT2D eigenvalue weighted by atomic mass is 19.3. The number of rotatable bonds is 6. The molecule has 3 fully saturated rings. The van der Waals surface area contributed by atoms with E-state index in [2.05, 4.69) is 5.32 Å². The number of hydrogen-bond acceptors (Lipinski definition) is 3. The second-order valence-electron chi connectivity index (χ2n) is 10.7. The molecule has 0 heterocycles. The molecule has 32 heavy (non-hydrogen) atoms. The van der Waals surface area contributed by atoms with Gasteiger partial charge in [0.2, 0.25) is 5.92 Å². The van der Waals surface area contributed by atoms with Crippen molar-refractivity contribution in [3.05, 3.63) is 35.4 Å². The minimum Gasteiger partial charge on any atom is -0.444 e. The Bertz CT molecular complexity index is 853. The van der Waals surface area contributed by atoms with Crippen molar-refractivity contribution in [3.8, 4) is 0 Å². The van der Waals surface area contributed by atoms with Crippen LogP contribution >= 0.6 is 0 Å². The maximum Gasteiger partial charge on any atom is 0.410 e. The summed E-state index contributed by atoms with van der Waals surface area (Å²) < 4.78 is 32.4. The van der Waals surface area contributed by atoms with Crippen molar-refractivity contribution in [2.75, 3.05) is 6.54 Å². The zero-order chi connectivity index (χ0) is 23.1. The van der Waals surface area contributed by atoms with E-state index in [4.69, 9.17) is 4.74 Å². The van der Waals surface area contributed by atoms with Crippen LogP contribution in [0, 0.1) is 5.92 Å². The van der Waals surface area contributed by atoms with E-state index in [1.54, 1.807) is 6.07 Å². The Morgan fingerprint density at radius 1 is 1.16 bits per heavy atom. The highest BCUT2D eigenvalue weighted by Gasteiger charge is 2.47. The first-order chi connectivity index (χ1) is 15.0. The molecule has 0 unspecified atom stereocenters. The lowest BCUT2D eigenvalue weighted by Crippen LogP contribution is -2.40. The molecule has 0 saturated heterocycles. The van der Waals surface area contributed by atoms with E-state index in [1.807, 2.05) is 43.9 Å². The van der Waals surface area contributed by atoms with Crippen LogP contribution in [-0.4, -0.2) is 47.1 Å². The number of halogens is 2. The number of carbonyl (C=O) groups is 2. The van der Waals surface area contributed by atoms with Gasteiger partial charge in [-0.2, -0.15) is 0 Å². The normalized spacial score (nSPS) is 25.2. The zero-order valence-corrected chi connectivity index (χ0v) is 19.2. The third-order valence-electron chi connectivity index (χ3n) is 6.57. The molecule has 2 atom stereocenters. The summed E-state index contributed by atoms with van der Waals surface area (Å²) in [5.74, 6) is -2.09. The average molecular weight is 449 g/mol. The zero-order valence-electron chi connectivity index (χ0n) is 19.2. The average Bonchev–Trinajstić information content (AvgIpc) is 3.61. The maximum atomic E-state index is 13.4. The van der Waals surface area contributed by atoms with E-state index in [9.17, 15) is 18.4 Å². The van der Waals surface area contributed by atoms with Crippen molar-refractivity contribution < 1.29 is 23.1 Å². The van der Waals surface area contributed by atoms with E-state index >= 15 is 0 Å². The van der Waals surface area contributed by atoms with E-state index in [0.29, 0.717) is 24.3 Å². The van der Waals surface area contributed by atoms with Crippen LogP contribution in [0.15, 0.2) is 24.3 Å². The van der Waals surface area contributed by atoms with Gasteiger partial charge in [0.15, 0.2) is 0 Å². The highest BCUT2D eigenvalue weighted by molar-refractivity contribution is 5.94. The lowest BCUT2D eigenvalue weighted by Gasteiger charge is -2.29. The molecule has 3 saturated carbocycles. The van der Waals surface area contributed by atoms with E-state index in [-0.39, 0.29) is 42.8 Å². The molecule has 0 aromatic heterocycles. The molecule has 1 N–H and O–H groups in total. The summed E-state index contributed by atoms with van der Waals surface area (Å²) >= 11 is 0. The SMILES string of the molecule is CC(C)(C)OC(=O)N(CC1CC1)[C@@H]1C[C@H]1c1cccc(C(=O)NC2CCC(F)(F)CC2)c1. The van der Waals surface area contributed by atoms with Crippen molar-refractivity contribution in [3.63, 3.8) is 0 Å². The van der Waals surface area contributed by atoms with Gasteiger partial charge in [-0.05, 0) is 76.5 Å². The molecule has 0 radical (unpaired) electrons. The van der Waals surface area contributed by atoms with Gasteiger partial charge in [-0.3, -0.25) is 4.79 Å². The van der Waals surface area contributed by atoms with Crippen molar-refractivity contribution in [1.82, 2.24) is 10.2 Å². The fourth-order valence-corrected chi connectivity index (χ4v) is 4.49. The third-order valence-corrected chi connectivity index (χ3v) is 6.57. The topological polar surface area (TPSA) is 58.6 Å². The van der Waals surface area contributed by atoms with Gasteiger partial charge in [0, 0.05) is 43.0 Å². The van der Waals surface area contributed by atoms with Gasteiger partial charge in [-0.1, -0.05) is 12.1 Å². The summed E-state index contributed by atoms with van der Waals surface area (Å²) in [5, 5.41) is 2.91. The van der Waals surface area contributed by atoms with Crippen LogP contribution in [0.5, 0.6) is 0 Å². The summed E-state index contributed by atoms with van der Waals surface area (Å²) in [6.45, 7) is 6.35. The number of alkyl halides is 2. The molecule has 2 amide bonds. The number of hydrogen-bond donors (Lipinski definition) is 1. The van der Waals surface area contributed by atoms with Gasteiger partial charge < -0.3 is 15.0 Å². The molecule has 1 aromatic rings. The van der Waals surface area contributed by atoms with Gasteiger partial charge in [0.05, 0.1) is 0 Å². The fourth-order valence-electron chi connectivity index (χ4n) is 4.49. The van der Waals surface area contributed by atoms with Crippen molar-refractivity contribution >= 4 is 12.0 Å².